The van der Waals surface area contributed by atoms with Gasteiger partial charge in [-0.25, -0.2) is 9.37 Å². The lowest BCUT2D eigenvalue weighted by Gasteiger charge is -2.06. The van der Waals surface area contributed by atoms with Crippen LogP contribution in [0.3, 0.4) is 0 Å². The van der Waals surface area contributed by atoms with Crippen LogP contribution in [0.15, 0.2) is 53.4 Å². The topological polar surface area (TPSA) is 17.8 Å². The zero-order valence-electron chi connectivity index (χ0n) is 11.2. The Morgan fingerprint density at radius 1 is 1.10 bits per heavy atom. The molecule has 0 saturated heterocycles. The van der Waals surface area contributed by atoms with Crippen molar-refractivity contribution < 1.29 is 4.39 Å². The van der Waals surface area contributed by atoms with Crippen LogP contribution in [0.25, 0.3) is 11.0 Å². The van der Waals surface area contributed by atoms with E-state index in [2.05, 4.69) is 15.6 Å². The fourth-order valence-corrected chi connectivity index (χ4v) is 3.10. The van der Waals surface area contributed by atoms with Gasteiger partial charge in [-0.2, -0.15) is 0 Å². The number of nitrogens with zero attached hydrogens (tertiary/aromatic N) is 2. The summed E-state index contributed by atoms with van der Waals surface area (Å²) in [5, 5.41) is 0. The fraction of sp³-hybridized carbons (Fsp3) is 0.188. The molecule has 4 heteroatoms. The SMILES string of the molecule is Cc1nc2ccccc2n1CCSc1ccc(F)cc1. The minimum atomic E-state index is -0.189. The lowest BCUT2D eigenvalue weighted by Crippen LogP contribution is -2.02. The van der Waals surface area contributed by atoms with Gasteiger partial charge in [-0.3, -0.25) is 0 Å². The summed E-state index contributed by atoms with van der Waals surface area (Å²) in [7, 11) is 0. The Morgan fingerprint density at radius 3 is 2.65 bits per heavy atom. The summed E-state index contributed by atoms with van der Waals surface area (Å²) in [5.41, 5.74) is 2.21. The number of rotatable bonds is 4. The van der Waals surface area contributed by atoms with Crippen LogP contribution in [0.1, 0.15) is 5.82 Å². The molecule has 0 bridgehead atoms. The highest BCUT2D eigenvalue weighted by atomic mass is 32.2. The van der Waals surface area contributed by atoms with Crippen molar-refractivity contribution in [3.63, 3.8) is 0 Å². The molecule has 20 heavy (non-hydrogen) atoms. The van der Waals surface area contributed by atoms with Crippen LogP contribution in [0, 0.1) is 12.7 Å². The molecule has 0 aliphatic carbocycles. The van der Waals surface area contributed by atoms with Crippen LogP contribution >= 0.6 is 11.8 Å². The lowest BCUT2D eigenvalue weighted by molar-refractivity contribution is 0.626. The Labute approximate surface area is 121 Å². The Hall–Kier alpha value is -1.81. The maximum Gasteiger partial charge on any atom is 0.123 e. The molecule has 2 nitrogen and oxygen atoms in total. The van der Waals surface area contributed by atoms with Crippen molar-refractivity contribution >= 4 is 22.8 Å². The predicted octanol–water partition coefficient (Wildman–Crippen LogP) is 4.28. The van der Waals surface area contributed by atoms with Crippen molar-refractivity contribution in [2.45, 2.75) is 18.4 Å². The molecular weight excluding hydrogens is 271 g/mol. The van der Waals surface area contributed by atoms with Crippen molar-refractivity contribution in [3.8, 4) is 0 Å². The summed E-state index contributed by atoms with van der Waals surface area (Å²) in [6.07, 6.45) is 0. The number of hydrogen-bond donors (Lipinski definition) is 0. The molecule has 102 valence electrons. The first-order valence-corrected chi connectivity index (χ1v) is 7.53. The first kappa shape index (κ1) is 13.2. The third kappa shape index (κ3) is 2.70. The van der Waals surface area contributed by atoms with E-state index in [0.29, 0.717) is 0 Å². The number of thioether (sulfide) groups is 1. The van der Waals surface area contributed by atoms with Gasteiger partial charge in [-0.05, 0) is 43.3 Å². The number of imidazole rings is 1. The average molecular weight is 286 g/mol. The van der Waals surface area contributed by atoms with Crippen LogP contribution < -0.4 is 0 Å². The first-order chi connectivity index (χ1) is 9.74. The van der Waals surface area contributed by atoms with E-state index in [1.54, 1.807) is 11.8 Å². The van der Waals surface area contributed by atoms with Crippen LogP contribution in [-0.4, -0.2) is 15.3 Å². The summed E-state index contributed by atoms with van der Waals surface area (Å²) in [6, 6.07) is 14.8. The van der Waals surface area contributed by atoms with E-state index < -0.39 is 0 Å². The summed E-state index contributed by atoms with van der Waals surface area (Å²) in [4.78, 5) is 5.65. The Balaban J connectivity index is 1.71. The molecule has 0 N–H and O–H groups in total. The van der Waals surface area contributed by atoms with Crippen LogP contribution in [0.5, 0.6) is 0 Å². The van der Waals surface area contributed by atoms with Gasteiger partial charge in [0.05, 0.1) is 11.0 Å². The quantitative estimate of drug-likeness (QED) is 0.666. The number of fused-ring (bicyclic) bond motifs is 1. The predicted molar refractivity (Wildman–Crippen MR) is 81.6 cm³/mol. The molecule has 1 heterocycles. The molecule has 0 amide bonds. The molecule has 0 aliphatic rings. The summed E-state index contributed by atoms with van der Waals surface area (Å²) in [5.74, 6) is 1.78. The Morgan fingerprint density at radius 2 is 1.85 bits per heavy atom. The van der Waals surface area contributed by atoms with Crippen molar-refractivity contribution in [1.29, 1.82) is 0 Å². The molecule has 0 radical (unpaired) electrons. The third-order valence-corrected chi connectivity index (χ3v) is 4.23. The van der Waals surface area contributed by atoms with Crippen LogP contribution in [0.4, 0.5) is 4.39 Å². The van der Waals surface area contributed by atoms with E-state index in [4.69, 9.17) is 0 Å². The van der Waals surface area contributed by atoms with Crippen molar-refractivity contribution in [2.75, 3.05) is 5.75 Å². The van der Waals surface area contributed by atoms with Gasteiger partial charge < -0.3 is 4.57 Å². The van der Waals surface area contributed by atoms with E-state index in [-0.39, 0.29) is 5.82 Å². The Kier molecular flexibility index (Phi) is 3.74. The van der Waals surface area contributed by atoms with Gasteiger partial charge in [0.1, 0.15) is 11.6 Å². The Bertz CT molecular complexity index is 719. The highest BCUT2D eigenvalue weighted by Gasteiger charge is 2.06. The number of hydrogen-bond acceptors (Lipinski definition) is 2. The van der Waals surface area contributed by atoms with Crippen LogP contribution in [0.2, 0.25) is 0 Å². The van der Waals surface area contributed by atoms with Gasteiger partial charge in [-0.1, -0.05) is 12.1 Å². The standard InChI is InChI=1S/C16H15FN2S/c1-12-18-15-4-2-3-5-16(15)19(12)10-11-20-14-8-6-13(17)7-9-14/h2-9H,10-11H2,1H3. The average Bonchev–Trinajstić information content (AvgIpc) is 2.77. The zero-order valence-corrected chi connectivity index (χ0v) is 12.0. The molecular formula is C16H15FN2S. The number of para-hydroxylation sites is 2. The molecule has 0 aliphatic heterocycles. The highest BCUT2D eigenvalue weighted by molar-refractivity contribution is 7.99. The molecule has 3 aromatic rings. The number of aromatic nitrogens is 2. The minimum Gasteiger partial charge on any atom is -0.327 e. The molecule has 1 aromatic heterocycles. The smallest absolute Gasteiger partial charge is 0.123 e. The summed E-state index contributed by atoms with van der Waals surface area (Å²) < 4.78 is 15.1. The largest absolute Gasteiger partial charge is 0.327 e. The fourth-order valence-electron chi connectivity index (χ4n) is 2.26. The van der Waals surface area contributed by atoms with E-state index >= 15 is 0 Å². The summed E-state index contributed by atoms with van der Waals surface area (Å²) in [6.45, 7) is 2.93. The van der Waals surface area contributed by atoms with E-state index in [1.807, 2.05) is 37.3 Å². The van der Waals surface area contributed by atoms with Crippen molar-refractivity contribution in [3.05, 3.63) is 60.2 Å². The molecule has 0 fully saturated rings. The summed E-state index contributed by atoms with van der Waals surface area (Å²) >= 11 is 1.73. The molecule has 2 aromatic carbocycles. The second-order valence-electron chi connectivity index (χ2n) is 4.60. The zero-order chi connectivity index (χ0) is 13.9. The van der Waals surface area contributed by atoms with Crippen LogP contribution in [-0.2, 0) is 6.54 Å². The molecule has 0 saturated carbocycles. The number of halogens is 1. The van der Waals surface area contributed by atoms with E-state index in [1.165, 1.54) is 17.6 Å². The van der Waals surface area contributed by atoms with Gasteiger partial charge in [0.25, 0.3) is 0 Å². The maximum atomic E-state index is 12.8. The van der Waals surface area contributed by atoms with Gasteiger partial charge in [0.2, 0.25) is 0 Å². The van der Waals surface area contributed by atoms with Gasteiger partial charge in [0, 0.05) is 17.2 Å². The number of benzene rings is 2. The van der Waals surface area contributed by atoms with Gasteiger partial charge in [0.15, 0.2) is 0 Å². The second-order valence-corrected chi connectivity index (χ2v) is 5.77. The highest BCUT2D eigenvalue weighted by Crippen LogP contribution is 2.20. The van der Waals surface area contributed by atoms with Crippen molar-refractivity contribution in [1.82, 2.24) is 9.55 Å². The monoisotopic (exact) mass is 286 g/mol. The first-order valence-electron chi connectivity index (χ1n) is 6.54. The van der Waals surface area contributed by atoms with E-state index in [0.717, 1.165) is 28.5 Å². The normalized spacial score (nSPS) is 11.1. The minimum absolute atomic E-state index is 0.189. The van der Waals surface area contributed by atoms with Crippen molar-refractivity contribution in [2.24, 2.45) is 0 Å². The molecule has 3 rings (SSSR count). The number of aryl methyl sites for hydroxylation is 2. The maximum absolute atomic E-state index is 12.8. The van der Waals surface area contributed by atoms with Gasteiger partial charge in [-0.15, -0.1) is 11.8 Å². The lowest BCUT2D eigenvalue weighted by atomic mass is 10.3. The van der Waals surface area contributed by atoms with Gasteiger partial charge >= 0.3 is 0 Å². The molecule has 0 atom stereocenters. The second kappa shape index (κ2) is 5.67. The molecule has 0 spiro atoms. The third-order valence-electron chi connectivity index (χ3n) is 3.24. The van der Waals surface area contributed by atoms with E-state index in [9.17, 15) is 4.39 Å². The molecule has 0 unspecified atom stereocenters.